The SMILES string of the molecule is CCn1ncc2c(C(=O)Nc3cccc(CN)c3)cc(C)nc21. The van der Waals surface area contributed by atoms with Crippen LogP contribution in [0.4, 0.5) is 5.69 Å². The molecule has 118 valence electrons. The quantitative estimate of drug-likeness (QED) is 0.775. The van der Waals surface area contributed by atoms with Crippen molar-refractivity contribution in [3.05, 3.63) is 53.3 Å². The third-order valence-electron chi connectivity index (χ3n) is 3.70. The van der Waals surface area contributed by atoms with E-state index < -0.39 is 0 Å². The van der Waals surface area contributed by atoms with E-state index in [1.807, 2.05) is 38.1 Å². The number of nitrogens with zero attached hydrogens (tertiary/aromatic N) is 3. The van der Waals surface area contributed by atoms with Gasteiger partial charge in [0.05, 0.1) is 17.1 Å². The van der Waals surface area contributed by atoms with Crippen LogP contribution < -0.4 is 11.1 Å². The van der Waals surface area contributed by atoms with Gasteiger partial charge in [0.25, 0.3) is 5.91 Å². The van der Waals surface area contributed by atoms with Crippen LogP contribution >= 0.6 is 0 Å². The Bertz CT molecular complexity index is 869. The van der Waals surface area contributed by atoms with Crippen LogP contribution in [-0.4, -0.2) is 20.7 Å². The topological polar surface area (TPSA) is 85.8 Å². The molecule has 0 aliphatic carbocycles. The van der Waals surface area contributed by atoms with Crippen molar-refractivity contribution >= 4 is 22.6 Å². The van der Waals surface area contributed by atoms with E-state index >= 15 is 0 Å². The monoisotopic (exact) mass is 309 g/mol. The standard InChI is InChI=1S/C17H19N5O/c1-3-22-16-15(10-19-22)14(7-11(2)20-16)17(23)21-13-6-4-5-12(8-13)9-18/h4-8,10H,3,9,18H2,1-2H3,(H,21,23). The van der Waals surface area contributed by atoms with Crippen LogP contribution in [0.1, 0.15) is 28.5 Å². The zero-order valence-electron chi connectivity index (χ0n) is 13.2. The van der Waals surface area contributed by atoms with Crippen molar-refractivity contribution in [2.75, 3.05) is 5.32 Å². The Labute approximate surface area is 134 Å². The second-order valence-electron chi connectivity index (χ2n) is 5.37. The highest BCUT2D eigenvalue weighted by Crippen LogP contribution is 2.20. The molecule has 0 aliphatic heterocycles. The highest BCUT2D eigenvalue weighted by atomic mass is 16.1. The molecule has 0 saturated heterocycles. The van der Waals surface area contributed by atoms with E-state index in [1.54, 1.807) is 16.9 Å². The van der Waals surface area contributed by atoms with E-state index in [1.165, 1.54) is 0 Å². The molecule has 3 aromatic rings. The number of carbonyl (C=O) groups excluding carboxylic acids is 1. The van der Waals surface area contributed by atoms with E-state index in [-0.39, 0.29) is 5.91 Å². The van der Waals surface area contributed by atoms with Gasteiger partial charge >= 0.3 is 0 Å². The van der Waals surface area contributed by atoms with E-state index in [9.17, 15) is 4.79 Å². The molecule has 23 heavy (non-hydrogen) atoms. The lowest BCUT2D eigenvalue weighted by molar-refractivity contribution is 0.102. The molecule has 6 nitrogen and oxygen atoms in total. The molecule has 6 heteroatoms. The molecule has 0 radical (unpaired) electrons. The maximum atomic E-state index is 12.7. The summed E-state index contributed by atoms with van der Waals surface area (Å²) in [6, 6.07) is 9.30. The van der Waals surface area contributed by atoms with Crippen LogP contribution in [0.15, 0.2) is 36.5 Å². The summed E-state index contributed by atoms with van der Waals surface area (Å²) in [6.45, 7) is 5.01. The van der Waals surface area contributed by atoms with Crippen molar-refractivity contribution in [2.45, 2.75) is 26.9 Å². The third-order valence-corrected chi connectivity index (χ3v) is 3.70. The van der Waals surface area contributed by atoms with Crippen LogP contribution in [0.2, 0.25) is 0 Å². The first-order chi connectivity index (χ1) is 11.1. The first-order valence-electron chi connectivity index (χ1n) is 7.56. The van der Waals surface area contributed by atoms with Crippen molar-refractivity contribution in [3.63, 3.8) is 0 Å². The van der Waals surface area contributed by atoms with Crippen molar-refractivity contribution < 1.29 is 4.79 Å². The third kappa shape index (κ3) is 2.93. The first kappa shape index (κ1) is 15.2. The molecule has 0 bridgehead atoms. The smallest absolute Gasteiger partial charge is 0.256 e. The maximum absolute atomic E-state index is 12.7. The number of benzene rings is 1. The number of nitrogens with one attached hydrogen (secondary N) is 1. The van der Waals surface area contributed by atoms with Gasteiger partial charge in [0.1, 0.15) is 0 Å². The molecule has 0 atom stereocenters. The molecule has 2 aromatic heterocycles. The minimum Gasteiger partial charge on any atom is -0.326 e. The van der Waals surface area contributed by atoms with E-state index in [2.05, 4.69) is 15.4 Å². The number of carbonyl (C=O) groups is 1. The van der Waals surface area contributed by atoms with Gasteiger partial charge in [-0.1, -0.05) is 12.1 Å². The van der Waals surface area contributed by atoms with Gasteiger partial charge in [-0.25, -0.2) is 9.67 Å². The number of aromatic nitrogens is 3. The molecule has 0 saturated carbocycles. The number of nitrogens with two attached hydrogens (primary N) is 1. The lowest BCUT2D eigenvalue weighted by atomic mass is 10.1. The minimum absolute atomic E-state index is 0.176. The van der Waals surface area contributed by atoms with E-state index in [4.69, 9.17) is 5.73 Å². The number of amides is 1. The van der Waals surface area contributed by atoms with Gasteiger partial charge in [-0.2, -0.15) is 5.10 Å². The predicted octanol–water partition coefficient (Wildman–Crippen LogP) is 2.47. The lowest BCUT2D eigenvalue weighted by Crippen LogP contribution is -2.13. The maximum Gasteiger partial charge on any atom is 0.256 e. The van der Waals surface area contributed by atoms with Crippen molar-refractivity contribution in [1.82, 2.24) is 14.8 Å². The Morgan fingerprint density at radius 1 is 1.35 bits per heavy atom. The molecular weight excluding hydrogens is 290 g/mol. The fraction of sp³-hybridized carbons (Fsp3) is 0.235. The van der Waals surface area contributed by atoms with Crippen LogP contribution in [0, 0.1) is 6.92 Å². The van der Waals surface area contributed by atoms with Gasteiger partial charge in [0.2, 0.25) is 0 Å². The molecule has 3 rings (SSSR count). The summed E-state index contributed by atoms with van der Waals surface area (Å²) in [6.07, 6.45) is 1.69. The van der Waals surface area contributed by atoms with Crippen LogP contribution in [0.5, 0.6) is 0 Å². The number of rotatable bonds is 4. The van der Waals surface area contributed by atoms with E-state index in [0.717, 1.165) is 28.0 Å². The summed E-state index contributed by atoms with van der Waals surface area (Å²) in [5, 5.41) is 7.96. The Morgan fingerprint density at radius 2 is 2.17 bits per heavy atom. The lowest BCUT2D eigenvalue weighted by Gasteiger charge is -2.08. The summed E-state index contributed by atoms with van der Waals surface area (Å²) in [7, 11) is 0. The normalized spacial score (nSPS) is 10.9. The second-order valence-corrected chi connectivity index (χ2v) is 5.37. The number of aryl methyl sites for hydroxylation is 2. The summed E-state index contributed by atoms with van der Waals surface area (Å²) >= 11 is 0. The second kappa shape index (κ2) is 6.18. The Kier molecular flexibility index (Phi) is 4.08. The summed E-state index contributed by atoms with van der Waals surface area (Å²) in [5.74, 6) is -0.176. The molecule has 0 aliphatic rings. The molecule has 3 N–H and O–H groups in total. The van der Waals surface area contributed by atoms with Gasteiger partial charge in [0, 0.05) is 24.5 Å². The Balaban J connectivity index is 1.98. The molecule has 1 aromatic carbocycles. The number of fused-ring (bicyclic) bond motifs is 1. The number of hydrogen-bond acceptors (Lipinski definition) is 4. The average Bonchev–Trinajstić information content (AvgIpc) is 2.96. The largest absolute Gasteiger partial charge is 0.326 e. The van der Waals surface area contributed by atoms with Gasteiger partial charge in [0.15, 0.2) is 5.65 Å². The van der Waals surface area contributed by atoms with Crippen LogP contribution in [-0.2, 0) is 13.1 Å². The number of hydrogen-bond donors (Lipinski definition) is 2. The average molecular weight is 309 g/mol. The van der Waals surface area contributed by atoms with Crippen LogP contribution in [0.25, 0.3) is 11.0 Å². The number of pyridine rings is 1. The summed E-state index contributed by atoms with van der Waals surface area (Å²) < 4.78 is 1.79. The van der Waals surface area contributed by atoms with Gasteiger partial charge in [-0.15, -0.1) is 0 Å². The molecule has 0 fully saturated rings. The molecular formula is C17H19N5O. The molecule has 1 amide bonds. The van der Waals surface area contributed by atoms with Crippen molar-refractivity contribution in [2.24, 2.45) is 5.73 Å². The molecule has 2 heterocycles. The number of anilines is 1. The summed E-state index contributed by atoms with van der Waals surface area (Å²) in [5.41, 5.74) is 9.43. The Hall–Kier alpha value is -2.73. The van der Waals surface area contributed by atoms with Crippen molar-refractivity contribution in [3.8, 4) is 0 Å². The fourth-order valence-electron chi connectivity index (χ4n) is 2.57. The van der Waals surface area contributed by atoms with Crippen molar-refractivity contribution in [1.29, 1.82) is 0 Å². The molecule has 0 spiro atoms. The fourth-order valence-corrected chi connectivity index (χ4v) is 2.57. The molecule has 0 unspecified atom stereocenters. The van der Waals surface area contributed by atoms with Gasteiger partial charge in [-0.05, 0) is 37.6 Å². The zero-order valence-corrected chi connectivity index (χ0v) is 13.2. The van der Waals surface area contributed by atoms with Gasteiger partial charge < -0.3 is 11.1 Å². The predicted molar refractivity (Wildman–Crippen MR) is 90.2 cm³/mol. The minimum atomic E-state index is -0.176. The highest BCUT2D eigenvalue weighted by Gasteiger charge is 2.15. The van der Waals surface area contributed by atoms with Gasteiger partial charge in [-0.3, -0.25) is 4.79 Å². The first-order valence-corrected chi connectivity index (χ1v) is 7.56. The zero-order chi connectivity index (χ0) is 16.4. The van der Waals surface area contributed by atoms with E-state index in [0.29, 0.717) is 18.7 Å². The summed E-state index contributed by atoms with van der Waals surface area (Å²) in [4.78, 5) is 17.2. The highest BCUT2D eigenvalue weighted by molar-refractivity contribution is 6.12. The van der Waals surface area contributed by atoms with Crippen LogP contribution in [0.3, 0.4) is 0 Å². The Morgan fingerprint density at radius 3 is 2.91 bits per heavy atom.